The molecule has 0 fully saturated rings. The number of hydrogen-bond donors (Lipinski definition) is 1. The van der Waals surface area contributed by atoms with Gasteiger partial charge in [-0.2, -0.15) is 5.10 Å². The van der Waals surface area contributed by atoms with E-state index in [1.807, 2.05) is 44.2 Å². The molecule has 142 valence electrons. The van der Waals surface area contributed by atoms with Crippen LogP contribution in [0.5, 0.6) is 0 Å². The van der Waals surface area contributed by atoms with Crippen LogP contribution in [0.2, 0.25) is 0 Å². The molecule has 27 heavy (non-hydrogen) atoms. The molecule has 1 atom stereocenters. The quantitative estimate of drug-likeness (QED) is 0.678. The molecule has 0 spiro atoms. The smallest absolute Gasteiger partial charge is 0.221 e. The fourth-order valence-corrected chi connectivity index (χ4v) is 4.34. The van der Waals surface area contributed by atoms with E-state index in [4.69, 9.17) is 0 Å². The van der Waals surface area contributed by atoms with Gasteiger partial charge in [0.05, 0.1) is 22.4 Å². The highest BCUT2D eigenvalue weighted by molar-refractivity contribution is 7.91. The molecule has 0 aliphatic rings. The maximum atomic E-state index is 12.6. The standard InChI is InChI=1S/C20H23N3O3S/c1-3-23-19(10-12-21-23)15(2)22-20(24)11-13-27(25,26)18-9-8-16-6-4-5-7-17(16)14-18/h4-10,12,14-15H,3,11,13H2,1-2H3,(H,22,24)/t15-/m0/s1. The van der Waals surface area contributed by atoms with Crippen molar-refractivity contribution in [1.29, 1.82) is 0 Å². The Morgan fingerprint density at radius 2 is 1.89 bits per heavy atom. The third-order valence-corrected chi connectivity index (χ3v) is 6.26. The van der Waals surface area contributed by atoms with Crippen LogP contribution in [-0.2, 0) is 21.2 Å². The Labute approximate surface area is 159 Å². The average molecular weight is 385 g/mol. The highest BCUT2D eigenvalue weighted by Gasteiger charge is 2.19. The molecule has 1 N–H and O–H groups in total. The molecule has 0 unspecified atom stereocenters. The zero-order chi connectivity index (χ0) is 19.4. The maximum absolute atomic E-state index is 12.6. The van der Waals surface area contributed by atoms with E-state index in [-0.39, 0.29) is 29.0 Å². The summed E-state index contributed by atoms with van der Waals surface area (Å²) in [6.07, 6.45) is 1.60. The number of rotatable bonds is 7. The van der Waals surface area contributed by atoms with Gasteiger partial charge in [-0.05, 0) is 42.8 Å². The number of fused-ring (bicyclic) bond motifs is 1. The van der Waals surface area contributed by atoms with E-state index in [1.54, 1.807) is 29.1 Å². The summed E-state index contributed by atoms with van der Waals surface area (Å²) in [5.74, 6) is -0.521. The van der Waals surface area contributed by atoms with Crippen LogP contribution in [-0.4, -0.2) is 29.9 Å². The Kier molecular flexibility index (Phi) is 5.60. The predicted molar refractivity (Wildman–Crippen MR) is 105 cm³/mol. The lowest BCUT2D eigenvalue weighted by Gasteiger charge is -2.15. The monoisotopic (exact) mass is 385 g/mol. The van der Waals surface area contributed by atoms with Gasteiger partial charge in [-0.25, -0.2) is 8.42 Å². The molecule has 1 amide bonds. The zero-order valence-corrected chi connectivity index (χ0v) is 16.2. The van der Waals surface area contributed by atoms with Crippen molar-refractivity contribution in [3.63, 3.8) is 0 Å². The highest BCUT2D eigenvalue weighted by atomic mass is 32.2. The number of sulfone groups is 1. The zero-order valence-electron chi connectivity index (χ0n) is 15.4. The molecule has 7 heteroatoms. The number of aryl methyl sites for hydroxylation is 1. The van der Waals surface area contributed by atoms with Gasteiger partial charge >= 0.3 is 0 Å². The van der Waals surface area contributed by atoms with Crippen LogP contribution >= 0.6 is 0 Å². The summed E-state index contributed by atoms with van der Waals surface area (Å²) in [6.45, 7) is 4.54. The number of carbonyl (C=O) groups is 1. The Bertz CT molecular complexity index is 1060. The minimum absolute atomic E-state index is 0.0836. The van der Waals surface area contributed by atoms with Crippen molar-refractivity contribution in [2.75, 3.05) is 5.75 Å². The molecule has 1 aromatic heterocycles. The molecule has 0 saturated carbocycles. The van der Waals surface area contributed by atoms with Gasteiger partial charge in [0, 0.05) is 19.2 Å². The first-order chi connectivity index (χ1) is 12.9. The summed E-state index contributed by atoms with van der Waals surface area (Å²) >= 11 is 0. The first-order valence-electron chi connectivity index (χ1n) is 8.93. The second-order valence-electron chi connectivity index (χ2n) is 6.44. The minimum atomic E-state index is -3.53. The molecule has 0 saturated heterocycles. The Hall–Kier alpha value is -2.67. The van der Waals surface area contributed by atoms with Crippen molar-refractivity contribution in [3.05, 3.63) is 60.4 Å². The van der Waals surface area contributed by atoms with Gasteiger partial charge in [-0.15, -0.1) is 0 Å². The van der Waals surface area contributed by atoms with Gasteiger partial charge in [0.1, 0.15) is 0 Å². The minimum Gasteiger partial charge on any atom is -0.348 e. The summed E-state index contributed by atoms with van der Waals surface area (Å²) in [5, 5.41) is 8.88. The van der Waals surface area contributed by atoms with Gasteiger partial charge in [0.2, 0.25) is 5.91 Å². The molecule has 1 heterocycles. The van der Waals surface area contributed by atoms with E-state index < -0.39 is 9.84 Å². The van der Waals surface area contributed by atoms with Crippen molar-refractivity contribution in [3.8, 4) is 0 Å². The number of nitrogens with one attached hydrogen (secondary N) is 1. The van der Waals surface area contributed by atoms with Gasteiger partial charge in [-0.3, -0.25) is 9.48 Å². The normalized spacial score (nSPS) is 12.8. The topological polar surface area (TPSA) is 81.1 Å². The molecular weight excluding hydrogens is 362 g/mol. The van der Waals surface area contributed by atoms with E-state index in [9.17, 15) is 13.2 Å². The maximum Gasteiger partial charge on any atom is 0.221 e. The SMILES string of the molecule is CCn1nccc1[C@H](C)NC(=O)CCS(=O)(=O)c1ccc2ccccc2c1. The molecule has 6 nitrogen and oxygen atoms in total. The number of benzene rings is 2. The summed E-state index contributed by atoms with van der Waals surface area (Å²) in [6, 6.07) is 14.2. The van der Waals surface area contributed by atoms with E-state index >= 15 is 0 Å². The fourth-order valence-electron chi connectivity index (χ4n) is 3.07. The predicted octanol–water partition coefficient (Wildman–Crippen LogP) is 3.10. The van der Waals surface area contributed by atoms with Crippen molar-refractivity contribution < 1.29 is 13.2 Å². The number of aromatic nitrogens is 2. The highest BCUT2D eigenvalue weighted by Crippen LogP contribution is 2.20. The average Bonchev–Trinajstić information content (AvgIpc) is 3.15. The number of carbonyl (C=O) groups excluding carboxylic acids is 1. The van der Waals surface area contributed by atoms with Crippen LogP contribution in [0.15, 0.2) is 59.6 Å². The molecule has 0 aliphatic heterocycles. The van der Waals surface area contributed by atoms with Crippen molar-refractivity contribution in [2.24, 2.45) is 0 Å². The van der Waals surface area contributed by atoms with E-state index in [0.29, 0.717) is 6.54 Å². The van der Waals surface area contributed by atoms with Gasteiger partial charge in [-0.1, -0.05) is 30.3 Å². The molecule has 0 radical (unpaired) electrons. The lowest BCUT2D eigenvalue weighted by molar-refractivity contribution is -0.121. The van der Waals surface area contributed by atoms with E-state index in [1.165, 1.54) is 0 Å². The number of nitrogens with zero attached hydrogens (tertiary/aromatic N) is 2. The van der Waals surface area contributed by atoms with Crippen molar-refractivity contribution in [1.82, 2.24) is 15.1 Å². The Balaban J connectivity index is 1.64. The van der Waals surface area contributed by atoms with Crippen molar-refractivity contribution in [2.45, 2.75) is 37.8 Å². The molecular formula is C20H23N3O3S. The summed E-state index contributed by atoms with van der Waals surface area (Å²) in [5.41, 5.74) is 0.892. The second-order valence-corrected chi connectivity index (χ2v) is 8.55. The van der Waals surface area contributed by atoms with Crippen LogP contribution in [0.25, 0.3) is 10.8 Å². The van der Waals surface area contributed by atoms with Crippen LogP contribution in [0, 0.1) is 0 Å². The van der Waals surface area contributed by atoms with Crippen LogP contribution in [0.4, 0.5) is 0 Å². The lowest BCUT2D eigenvalue weighted by Crippen LogP contribution is -2.29. The Morgan fingerprint density at radius 3 is 2.63 bits per heavy atom. The van der Waals surface area contributed by atoms with Crippen LogP contribution < -0.4 is 5.32 Å². The molecule has 2 aromatic carbocycles. The van der Waals surface area contributed by atoms with Crippen LogP contribution in [0.3, 0.4) is 0 Å². The third-order valence-electron chi connectivity index (χ3n) is 4.55. The largest absolute Gasteiger partial charge is 0.348 e. The second kappa shape index (κ2) is 7.92. The third kappa shape index (κ3) is 4.36. The summed E-state index contributed by atoms with van der Waals surface area (Å²) in [7, 11) is -3.53. The van der Waals surface area contributed by atoms with Gasteiger partial charge in [0.15, 0.2) is 9.84 Å². The van der Waals surface area contributed by atoms with E-state index in [2.05, 4.69) is 10.4 Å². The van der Waals surface area contributed by atoms with Gasteiger partial charge in [0.25, 0.3) is 0 Å². The first-order valence-corrected chi connectivity index (χ1v) is 10.6. The number of hydrogen-bond acceptors (Lipinski definition) is 4. The summed E-state index contributed by atoms with van der Waals surface area (Å²) < 4.78 is 27.0. The molecule has 3 aromatic rings. The molecule has 0 bridgehead atoms. The first kappa shape index (κ1) is 19.1. The van der Waals surface area contributed by atoms with Gasteiger partial charge < -0.3 is 5.32 Å². The van der Waals surface area contributed by atoms with E-state index in [0.717, 1.165) is 16.5 Å². The van der Waals surface area contributed by atoms with Crippen molar-refractivity contribution >= 4 is 26.5 Å². The summed E-state index contributed by atoms with van der Waals surface area (Å²) in [4.78, 5) is 12.5. The van der Waals surface area contributed by atoms with Crippen LogP contribution in [0.1, 0.15) is 32.0 Å². The molecule has 0 aliphatic carbocycles. The Morgan fingerprint density at radius 1 is 1.15 bits per heavy atom. The number of amides is 1. The fraction of sp³-hybridized carbons (Fsp3) is 0.300. The molecule has 3 rings (SSSR count). The lowest BCUT2D eigenvalue weighted by atomic mass is 10.1.